The van der Waals surface area contributed by atoms with Crippen LogP contribution in [-0.2, 0) is 6.54 Å². The van der Waals surface area contributed by atoms with Crippen LogP contribution in [0.5, 0.6) is 46.0 Å². The summed E-state index contributed by atoms with van der Waals surface area (Å²) in [7, 11) is 0. The topological polar surface area (TPSA) is 82.7 Å². The van der Waals surface area contributed by atoms with E-state index in [0.717, 1.165) is 154 Å². The van der Waals surface area contributed by atoms with E-state index < -0.39 is 0 Å². The van der Waals surface area contributed by atoms with E-state index in [2.05, 4.69) is 131 Å². The minimum atomic E-state index is -0.0577. The SMILES string of the molecule is CCCCCC1c2cc3c4cc2OCOc2cc5c(cc21)C(CCCCC)c1cc2c(c(C[n+]6ccn(-c7c(C)cc(C)cc7C)c6)c1OCO5)OCOc1cc(c(cc1C2CCCCC)C3CCCCC)OCO4.[Br-]. The number of hydrogen-bond donors (Lipinski definition) is 0. The van der Waals surface area contributed by atoms with Gasteiger partial charge in [-0.2, -0.15) is 0 Å². The number of benzene rings is 5. The van der Waals surface area contributed by atoms with Crippen molar-refractivity contribution >= 4 is 0 Å². The average Bonchev–Trinajstić information content (AvgIpc) is 3.86. The molecule has 10 nitrogen and oxygen atoms in total. The van der Waals surface area contributed by atoms with E-state index in [0.29, 0.717) is 6.54 Å². The lowest BCUT2D eigenvalue weighted by atomic mass is 9.75. The molecule has 5 heterocycles. The molecule has 5 aliphatic rings. The zero-order valence-electron chi connectivity index (χ0n) is 46.1. The number of imidazole rings is 1. The lowest BCUT2D eigenvalue weighted by Crippen LogP contribution is -3.00. The van der Waals surface area contributed by atoms with Crippen molar-refractivity contribution in [3.8, 4) is 51.7 Å². The van der Waals surface area contributed by atoms with Gasteiger partial charge in [0.15, 0.2) is 0 Å². The molecule has 4 atom stereocenters. The highest BCUT2D eigenvalue weighted by Crippen LogP contribution is 2.56. The summed E-state index contributed by atoms with van der Waals surface area (Å²) < 4.78 is 59.3. The first-order valence-electron chi connectivity index (χ1n) is 28.7. The number of unbranched alkanes of at least 4 members (excludes halogenated alkanes) is 8. The van der Waals surface area contributed by atoms with Crippen molar-refractivity contribution in [3.63, 3.8) is 0 Å². The third-order valence-corrected chi connectivity index (χ3v) is 16.8. The summed E-state index contributed by atoms with van der Waals surface area (Å²) in [4.78, 5) is 0. The van der Waals surface area contributed by atoms with Crippen molar-refractivity contribution in [1.82, 2.24) is 4.57 Å². The third kappa shape index (κ3) is 10.5. The quantitative estimate of drug-likeness (QED) is 0.0586. The predicted molar refractivity (Wildman–Crippen MR) is 293 cm³/mol. The smallest absolute Gasteiger partial charge is 0.249 e. The molecule has 0 amide bonds. The molecule has 0 fully saturated rings. The van der Waals surface area contributed by atoms with E-state index in [1.165, 1.54) is 66.9 Å². The molecule has 8 bridgehead atoms. The predicted octanol–water partition coefficient (Wildman–Crippen LogP) is 12.8. The molecule has 4 unspecified atom stereocenters. The first kappa shape index (κ1) is 53.6. The van der Waals surface area contributed by atoms with Crippen LogP contribution in [0.1, 0.15) is 221 Å². The van der Waals surface area contributed by atoms with Crippen LogP contribution in [-0.4, -0.2) is 31.7 Å². The normalized spacial score (nSPS) is 18.3. The molecule has 1 aromatic heterocycles. The van der Waals surface area contributed by atoms with Crippen molar-refractivity contribution in [2.24, 2.45) is 0 Å². The number of hydrogen-bond acceptors (Lipinski definition) is 8. The summed E-state index contributed by atoms with van der Waals surface area (Å²) in [5, 5.41) is 0. The van der Waals surface area contributed by atoms with Gasteiger partial charge in [0, 0.05) is 86.4 Å². The van der Waals surface area contributed by atoms with Gasteiger partial charge >= 0.3 is 0 Å². The Kier molecular flexibility index (Phi) is 16.8. The molecule has 0 radical (unpaired) electrons. The largest absolute Gasteiger partial charge is 1.00 e. The maximum Gasteiger partial charge on any atom is 0.249 e. The Bertz CT molecular complexity index is 2870. The van der Waals surface area contributed by atoms with Gasteiger partial charge in [0.05, 0.1) is 5.56 Å². The molecule has 11 heteroatoms. The summed E-state index contributed by atoms with van der Waals surface area (Å²) >= 11 is 0. The minimum absolute atomic E-state index is 0. The van der Waals surface area contributed by atoms with Gasteiger partial charge in [0.2, 0.25) is 33.5 Å². The van der Waals surface area contributed by atoms with Gasteiger partial charge in [-0.15, -0.1) is 0 Å². The highest BCUT2D eigenvalue weighted by atomic mass is 79.9. The van der Waals surface area contributed by atoms with Crippen molar-refractivity contribution < 1.29 is 59.4 Å². The first-order chi connectivity index (χ1) is 36.8. The molecule has 5 aromatic carbocycles. The van der Waals surface area contributed by atoms with Crippen LogP contribution in [0.4, 0.5) is 0 Å². The van der Waals surface area contributed by atoms with Crippen LogP contribution in [0.25, 0.3) is 5.69 Å². The van der Waals surface area contributed by atoms with Gasteiger partial charge in [-0.3, -0.25) is 0 Å². The number of aryl methyl sites for hydroxylation is 3. The average molecular weight is 1100 g/mol. The van der Waals surface area contributed by atoms with Gasteiger partial charge < -0.3 is 54.9 Å². The zero-order chi connectivity index (χ0) is 51.6. The molecular formula is C65H79BrN2O8. The van der Waals surface area contributed by atoms with E-state index in [9.17, 15) is 0 Å². The fourth-order valence-electron chi connectivity index (χ4n) is 13.2. The monoisotopic (exact) mass is 1090 g/mol. The molecule has 6 aromatic rings. The summed E-state index contributed by atoms with van der Waals surface area (Å²) in [6.07, 6.45) is 23.5. The molecule has 4 aliphatic heterocycles. The van der Waals surface area contributed by atoms with E-state index in [1.807, 2.05) is 0 Å². The van der Waals surface area contributed by atoms with Gasteiger partial charge in [-0.1, -0.05) is 122 Å². The lowest BCUT2D eigenvalue weighted by molar-refractivity contribution is -0.687. The highest BCUT2D eigenvalue weighted by molar-refractivity contribution is 5.66. The zero-order valence-corrected chi connectivity index (χ0v) is 47.7. The molecule has 11 rings (SSSR count). The maximum atomic E-state index is 7.11. The Balaban J connectivity index is 0.00000657. The van der Waals surface area contributed by atoms with Gasteiger partial charge in [-0.05, 0) is 81.8 Å². The summed E-state index contributed by atoms with van der Waals surface area (Å²) in [5.41, 5.74) is 15.4. The standard InChI is InChI=1S/C65H79N2O8.BrH/c1-8-12-16-20-44-48-28-49-45(21-17-13-9-2)51-30-53-47(23-19-15-11-4)55-31-54-46(22-18-14-10-3)52-29-50(44)59-33-61(52)72-39-74-64(54)56(35-66-24-25-67(36-66)63-42(6)26-41(5)27-43(63)7)65(55)75-40-73-62(53)34-60(51)71-38-69-58(49)32-57(48)68-37-70-59;/h24-34,36,44-47H,8-23,35,37-40H2,1-7H3;1H/q+1;/p-1. The fraction of sp³-hybridized carbons (Fsp3) is 0.492. The maximum absolute atomic E-state index is 7.11. The minimum Gasteiger partial charge on any atom is -1.00 e. The van der Waals surface area contributed by atoms with Crippen molar-refractivity contribution in [3.05, 3.63) is 140 Å². The van der Waals surface area contributed by atoms with Crippen LogP contribution in [0.15, 0.2) is 73.3 Å². The van der Waals surface area contributed by atoms with Gasteiger partial charge in [0.25, 0.3) is 0 Å². The number of aromatic nitrogens is 2. The Morgan fingerprint density at radius 3 is 1.11 bits per heavy atom. The van der Waals surface area contributed by atoms with Crippen molar-refractivity contribution in [1.29, 1.82) is 0 Å². The second kappa shape index (κ2) is 23.8. The van der Waals surface area contributed by atoms with Crippen LogP contribution in [0.3, 0.4) is 0 Å². The number of ether oxygens (including phenoxy) is 8. The Labute approximate surface area is 462 Å². The van der Waals surface area contributed by atoms with Crippen LogP contribution < -0.4 is 59.4 Å². The Morgan fingerprint density at radius 1 is 0.421 bits per heavy atom. The first-order valence-corrected chi connectivity index (χ1v) is 28.7. The number of halogens is 1. The summed E-state index contributed by atoms with van der Waals surface area (Å²) in [6, 6.07) is 20.8. The fourth-order valence-corrected chi connectivity index (χ4v) is 13.2. The third-order valence-electron chi connectivity index (χ3n) is 16.8. The van der Waals surface area contributed by atoms with Crippen molar-refractivity contribution in [2.45, 2.75) is 181 Å². The van der Waals surface area contributed by atoms with E-state index in [1.54, 1.807) is 0 Å². The van der Waals surface area contributed by atoms with Crippen LogP contribution >= 0.6 is 0 Å². The Hall–Kier alpha value is -5.81. The highest BCUT2D eigenvalue weighted by Gasteiger charge is 2.39. The van der Waals surface area contributed by atoms with Crippen LogP contribution in [0, 0.1) is 20.8 Å². The Morgan fingerprint density at radius 2 is 0.750 bits per heavy atom. The van der Waals surface area contributed by atoms with Gasteiger partial charge in [-0.25, -0.2) is 9.13 Å². The summed E-state index contributed by atoms with van der Waals surface area (Å²) in [6.45, 7) is 16.4. The molecule has 404 valence electrons. The van der Waals surface area contributed by atoms with E-state index >= 15 is 0 Å². The molecule has 0 spiro atoms. The van der Waals surface area contributed by atoms with Crippen LogP contribution in [0.2, 0.25) is 0 Å². The number of rotatable bonds is 19. The van der Waals surface area contributed by atoms with Gasteiger partial charge in [0.1, 0.15) is 70.6 Å². The molecule has 0 saturated heterocycles. The second-order valence-electron chi connectivity index (χ2n) is 22.0. The molecule has 76 heavy (non-hydrogen) atoms. The number of nitrogens with zero attached hydrogens (tertiary/aromatic N) is 2. The second-order valence-corrected chi connectivity index (χ2v) is 22.0. The molecule has 0 saturated carbocycles. The van der Waals surface area contributed by atoms with Crippen molar-refractivity contribution in [2.75, 3.05) is 27.2 Å². The van der Waals surface area contributed by atoms with E-state index in [4.69, 9.17) is 37.9 Å². The van der Waals surface area contributed by atoms with E-state index in [-0.39, 0.29) is 67.8 Å². The summed E-state index contributed by atoms with van der Waals surface area (Å²) in [5.74, 6) is 6.34. The molecule has 0 N–H and O–H groups in total. The molecular weight excluding hydrogens is 1020 g/mol. The molecule has 1 aliphatic carbocycles. The lowest BCUT2D eigenvalue weighted by Gasteiger charge is -2.35.